The van der Waals surface area contributed by atoms with E-state index >= 15 is 0 Å². The van der Waals surface area contributed by atoms with Crippen molar-refractivity contribution >= 4 is 11.3 Å². The summed E-state index contributed by atoms with van der Waals surface area (Å²) in [7, 11) is 1.79. The Kier molecular flexibility index (Phi) is 3.71. The van der Waals surface area contributed by atoms with Gasteiger partial charge in [0.15, 0.2) is 0 Å². The van der Waals surface area contributed by atoms with E-state index in [2.05, 4.69) is 21.7 Å². The number of methoxy groups -OCH3 is 1. The molecule has 2 fully saturated rings. The summed E-state index contributed by atoms with van der Waals surface area (Å²) in [5.41, 5.74) is 1.56. The molecular formula is C14H21NO2S. The summed E-state index contributed by atoms with van der Waals surface area (Å²) >= 11 is 1.78. The SMILES string of the molecule is CO[C@@H]1COC2(CCN(Cc3ccsc3)CC2)C1. The van der Waals surface area contributed by atoms with Gasteiger partial charge in [-0.1, -0.05) is 0 Å². The van der Waals surface area contributed by atoms with E-state index in [4.69, 9.17) is 9.47 Å². The van der Waals surface area contributed by atoms with E-state index in [0.29, 0.717) is 6.10 Å². The lowest BCUT2D eigenvalue weighted by molar-refractivity contribution is -0.0460. The Balaban J connectivity index is 1.52. The van der Waals surface area contributed by atoms with Crippen LogP contribution in [-0.4, -0.2) is 43.4 Å². The molecule has 0 aromatic carbocycles. The van der Waals surface area contributed by atoms with Gasteiger partial charge >= 0.3 is 0 Å². The lowest BCUT2D eigenvalue weighted by Gasteiger charge is -2.38. The molecule has 0 radical (unpaired) electrons. The van der Waals surface area contributed by atoms with E-state index in [-0.39, 0.29) is 5.60 Å². The maximum atomic E-state index is 6.02. The predicted molar refractivity (Wildman–Crippen MR) is 72.9 cm³/mol. The van der Waals surface area contributed by atoms with Gasteiger partial charge in [0.05, 0.1) is 18.3 Å². The summed E-state index contributed by atoms with van der Waals surface area (Å²) < 4.78 is 11.4. The normalized spacial score (nSPS) is 27.9. The molecule has 0 amide bonds. The monoisotopic (exact) mass is 267 g/mol. The Morgan fingerprint density at radius 2 is 2.33 bits per heavy atom. The Bertz CT molecular complexity index is 371. The fourth-order valence-corrected chi connectivity index (χ4v) is 3.72. The van der Waals surface area contributed by atoms with E-state index in [0.717, 1.165) is 45.5 Å². The number of piperidine rings is 1. The van der Waals surface area contributed by atoms with Crippen LogP contribution in [0.15, 0.2) is 16.8 Å². The molecule has 4 heteroatoms. The molecule has 3 heterocycles. The van der Waals surface area contributed by atoms with Crippen molar-refractivity contribution in [2.24, 2.45) is 0 Å². The van der Waals surface area contributed by atoms with Gasteiger partial charge in [0.1, 0.15) is 0 Å². The Morgan fingerprint density at radius 3 is 2.94 bits per heavy atom. The lowest BCUT2D eigenvalue weighted by atomic mass is 9.88. The van der Waals surface area contributed by atoms with Crippen LogP contribution in [0.1, 0.15) is 24.8 Å². The first-order valence-electron chi connectivity index (χ1n) is 6.70. The minimum atomic E-state index is 0.117. The molecule has 1 atom stereocenters. The maximum absolute atomic E-state index is 6.02. The van der Waals surface area contributed by atoms with Gasteiger partial charge in [-0.3, -0.25) is 4.90 Å². The highest BCUT2D eigenvalue weighted by Crippen LogP contribution is 2.37. The Hall–Kier alpha value is -0.420. The molecule has 0 N–H and O–H groups in total. The van der Waals surface area contributed by atoms with Crippen LogP contribution in [0.4, 0.5) is 0 Å². The second-order valence-corrected chi connectivity index (χ2v) is 6.24. The average molecular weight is 267 g/mol. The van der Waals surface area contributed by atoms with Crippen LogP contribution >= 0.6 is 11.3 Å². The van der Waals surface area contributed by atoms with Gasteiger partial charge < -0.3 is 9.47 Å². The largest absolute Gasteiger partial charge is 0.379 e. The minimum absolute atomic E-state index is 0.117. The zero-order valence-electron chi connectivity index (χ0n) is 10.9. The van der Waals surface area contributed by atoms with Crippen LogP contribution < -0.4 is 0 Å². The first-order valence-corrected chi connectivity index (χ1v) is 7.64. The molecule has 0 bridgehead atoms. The zero-order chi connectivity index (χ0) is 12.4. The second kappa shape index (κ2) is 5.29. The van der Waals surface area contributed by atoms with Crippen molar-refractivity contribution < 1.29 is 9.47 Å². The second-order valence-electron chi connectivity index (χ2n) is 5.46. The fourth-order valence-electron chi connectivity index (χ4n) is 3.06. The van der Waals surface area contributed by atoms with Crippen molar-refractivity contribution in [1.82, 2.24) is 4.90 Å². The molecular weight excluding hydrogens is 246 g/mol. The number of thiophene rings is 1. The van der Waals surface area contributed by atoms with Crippen molar-refractivity contribution in [2.75, 3.05) is 26.8 Å². The lowest BCUT2D eigenvalue weighted by Crippen LogP contribution is -2.43. The molecule has 1 spiro atoms. The van der Waals surface area contributed by atoms with Gasteiger partial charge in [-0.2, -0.15) is 11.3 Å². The molecule has 2 saturated heterocycles. The molecule has 1 aromatic rings. The molecule has 3 nitrogen and oxygen atoms in total. The van der Waals surface area contributed by atoms with Crippen LogP contribution in [0, 0.1) is 0 Å². The van der Waals surface area contributed by atoms with Crippen molar-refractivity contribution in [2.45, 2.75) is 37.5 Å². The van der Waals surface area contributed by atoms with Crippen molar-refractivity contribution in [3.63, 3.8) is 0 Å². The van der Waals surface area contributed by atoms with E-state index < -0.39 is 0 Å². The van der Waals surface area contributed by atoms with E-state index in [1.807, 2.05) is 0 Å². The summed E-state index contributed by atoms with van der Waals surface area (Å²) in [4.78, 5) is 2.54. The van der Waals surface area contributed by atoms with Crippen molar-refractivity contribution in [3.05, 3.63) is 22.4 Å². The highest BCUT2D eigenvalue weighted by atomic mass is 32.1. The predicted octanol–water partition coefficient (Wildman–Crippen LogP) is 2.52. The fraction of sp³-hybridized carbons (Fsp3) is 0.714. The summed E-state index contributed by atoms with van der Waals surface area (Å²) in [5, 5.41) is 4.40. The quantitative estimate of drug-likeness (QED) is 0.840. The smallest absolute Gasteiger partial charge is 0.0832 e. The van der Waals surface area contributed by atoms with Crippen LogP contribution in [0.5, 0.6) is 0 Å². The van der Waals surface area contributed by atoms with Crippen molar-refractivity contribution in [3.8, 4) is 0 Å². The number of nitrogens with zero attached hydrogens (tertiary/aromatic N) is 1. The third-order valence-electron chi connectivity index (χ3n) is 4.26. The number of rotatable bonds is 3. The van der Waals surface area contributed by atoms with Crippen LogP contribution in [-0.2, 0) is 16.0 Å². The van der Waals surface area contributed by atoms with E-state index in [1.165, 1.54) is 5.56 Å². The average Bonchev–Trinajstić information content (AvgIpc) is 3.03. The first kappa shape index (κ1) is 12.6. The standard InChI is InChI=1S/C14H21NO2S/c1-16-13-8-14(17-10-13)3-5-15(6-4-14)9-12-2-7-18-11-12/h2,7,11,13H,3-6,8-10H2,1H3/t13-/m0/s1. The Labute approximate surface area is 113 Å². The molecule has 0 aliphatic carbocycles. The maximum Gasteiger partial charge on any atom is 0.0832 e. The van der Waals surface area contributed by atoms with Gasteiger partial charge in [-0.15, -0.1) is 0 Å². The number of ether oxygens (including phenoxy) is 2. The highest BCUT2D eigenvalue weighted by Gasteiger charge is 2.42. The summed E-state index contributed by atoms with van der Waals surface area (Å²) in [6, 6.07) is 2.22. The third kappa shape index (κ3) is 2.62. The zero-order valence-corrected chi connectivity index (χ0v) is 11.7. The number of likely N-dealkylation sites (tertiary alicyclic amines) is 1. The van der Waals surface area contributed by atoms with E-state index in [1.54, 1.807) is 18.4 Å². The van der Waals surface area contributed by atoms with E-state index in [9.17, 15) is 0 Å². The first-order chi connectivity index (χ1) is 8.80. The van der Waals surface area contributed by atoms with Gasteiger partial charge in [-0.25, -0.2) is 0 Å². The van der Waals surface area contributed by atoms with Crippen LogP contribution in [0.25, 0.3) is 0 Å². The van der Waals surface area contributed by atoms with Gasteiger partial charge in [-0.05, 0) is 35.2 Å². The number of hydrogen-bond donors (Lipinski definition) is 0. The van der Waals surface area contributed by atoms with Gasteiger partial charge in [0.2, 0.25) is 0 Å². The molecule has 3 rings (SSSR count). The molecule has 1 aromatic heterocycles. The van der Waals surface area contributed by atoms with Gasteiger partial charge in [0.25, 0.3) is 0 Å². The molecule has 2 aliphatic rings. The molecule has 0 saturated carbocycles. The summed E-state index contributed by atoms with van der Waals surface area (Å²) in [6.07, 6.45) is 3.69. The summed E-state index contributed by atoms with van der Waals surface area (Å²) in [5.74, 6) is 0. The molecule has 18 heavy (non-hydrogen) atoms. The van der Waals surface area contributed by atoms with Crippen LogP contribution in [0.2, 0.25) is 0 Å². The topological polar surface area (TPSA) is 21.7 Å². The molecule has 0 unspecified atom stereocenters. The molecule has 2 aliphatic heterocycles. The molecule has 100 valence electrons. The van der Waals surface area contributed by atoms with Crippen LogP contribution in [0.3, 0.4) is 0 Å². The number of hydrogen-bond acceptors (Lipinski definition) is 4. The Morgan fingerprint density at radius 1 is 1.50 bits per heavy atom. The summed E-state index contributed by atoms with van der Waals surface area (Å²) in [6.45, 7) is 4.16. The van der Waals surface area contributed by atoms with Gasteiger partial charge in [0, 0.05) is 33.2 Å². The third-order valence-corrected chi connectivity index (χ3v) is 4.99. The minimum Gasteiger partial charge on any atom is -0.379 e. The van der Waals surface area contributed by atoms with Crippen molar-refractivity contribution in [1.29, 1.82) is 0 Å². The highest BCUT2D eigenvalue weighted by molar-refractivity contribution is 7.07.